The van der Waals surface area contributed by atoms with E-state index in [-0.39, 0.29) is 6.61 Å². The number of nitrogens with two attached hydrogens (primary N) is 1. The van der Waals surface area contributed by atoms with E-state index in [4.69, 9.17) is 15.7 Å². The highest BCUT2D eigenvalue weighted by atomic mass is 32.1. The van der Waals surface area contributed by atoms with Crippen molar-refractivity contribution in [1.29, 1.82) is 0 Å². The highest BCUT2D eigenvalue weighted by Gasteiger charge is 2.13. The number of nitrogens with zero attached hydrogens (tertiary/aromatic N) is 2. The quantitative estimate of drug-likeness (QED) is 0.426. The van der Waals surface area contributed by atoms with Gasteiger partial charge >= 0.3 is 5.97 Å². The first-order chi connectivity index (χ1) is 11.2. The molecule has 0 saturated carbocycles. The molecule has 2 aromatic carbocycles. The normalized spacial score (nSPS) is 11.6. The Balaban J connectivity index is 1.87. The summed E-state index contributed by atoms with van der Waals surface area (Å²) in [6, 6.07) is 14.7. The number of benzene rings is 2. The molecule has 0 amide bonds. The molecule has 0 fully saturated rings. The van der Waals surface area contributed by atoms with Gasteiger partial charge in [0, 0.05) is 5.56 Å². The largest absolute Gasteiger partial charge is 0.482 e. The van der Waals surface area contributed by atoms with Crippen molar-refractivity contribution in [2.75, 3.05) is 6.61 Å². The van der Waals surface area contributed by atoms with Gasteiger partial charge in [-0.25, -0.2) is 9.78 Å². The summed E-state index contributed by atoms with van der Waals surface area (Å²) in [6.07, 6.45) is 0. The summed E-state index contributed by atoms with van der Waals surface area (Å²) < 4.78 is 6.17. The van der Waals surface area contributed by atoms with E-state index < -0.39 is 5.97 Å². The lowest BCUT2D eigenvalue weighted by molar-refractivity contribution is -0.139. The van der Waals surface area contributed by atoms with E-state index >= 15 is 0 Å². The maximum absolute atomic E-state index is 10.5. The minimum atomic E-state index is -1.02. The average Bonchev–Trinajstić information content (AvgIpc) is 2.98. The number of hydrazone groups is 1. The Morgan fingerprint density at radius 2 is 1.96 bits per heavy atom. The Hall–Kier alpha value is -2.93. The summed E-state index contributed by atoms with van der Waals surface area (Å²) in [5.41, 5.74) is 2.26. The van der Waals surface area contributed by atoms with Crippen LogP contribution < -0.4 is 10.6 Å². The standard InChI is InChI=1S/C16H13N3O3S/c17-19-15(16-18-12-3-1-2-4-13(12)23-16)10-5-7-11(8-6-10)22-9-14(20)21/h1-8H,9,17H2,(H,20,21). The summed E-state index contributed by atoms with van der Waals surface area (Å²) >= 11 is 1.51. The smallest absolute Gasteiger partial charge is 0.341 e. The van der Waals surface area contributed by atoms with E-state index in [1.54, 1.807) is 24.3 Å². The Morgan fingerprint density at radius 1 is 1.22 bits per heavy atom. The molecule has 7 heteroatoms. The average molecular weight is 327 g/mol. The molecule has 116 valence electrons. The molecule has 3 N–H and O–H groups in total. The molecule has 1 aromatic heterocycles. The number of carbonyl (C=O) groups is 1. The van der Waals surface area contributed by atoms with Gasteiger partial charge in [0.2, 0.25) is 0 Å². The first kappa shape index (κ1) is 15.0. The van der Waals surface area contributed by atoms with E-state index in [1.165, 1.54) is 11.3 Å². The molecule has 3 rings (SSSR count). The van der Waals surface area contributed by atoms with Crippen LogP contribution in [0.4, 0.5) is 0 Å². The molecule has 6 nitrogen and oxygen atoms in total. The summed E-state index contributed by atoms with van der Waals surface area (Å²) in [5.74, 6) is 4.99. The summed E-state index contributed by atoms with van der Waals surface area (Å²) in [7, 11) is 0. The molecule has 0 aliphatic carbocycles. The van der Waals surface area contributed by atoms with Crippen LogP contribution in [0.25, 0.3) is 10.2 Å². The monoisotopic (exact) mass is 327 g/mol. The molecular formula is C16H13N3O3S. The number of carboxylic acids is 1. The van der Waals surface area contributed by atoms with E-state index in [1.807, 2.05) is 24.3 Å². The van der Waals surface area contributed by atoms with Crippen LogP contribution in [0.5, 0.6) is 5.75 Å². The zero-order valence-electron chi connectivity index (χ0n) is 12.0. The van der Waals surface area contributed by atoms with E-state index in [2.05, 4.69) is 10.1 Å². The fourth-order valence-electron chi connectivity index (χ4n) is 2.08. The van der Waals surface area contributed by atoms with Crippen LogP contribution in [0.1, 0.15) is 10.6 Å². The van der Waals surface area contributed by atoms with Gasteiger partial charge in [0.15, 0.2) is 6.61 Å². The lowest BCUT2D eigenvalue weighted by Crippen LogP contribution is -2.10. The van der Waals surface area contributed by atoms with E-state index in [0.717, 1.165) is 20.8 Å². The summed E-state index contributed by atoms with van der Waals surface area (Å²) in [5, 5.41) is 13.2. The summed E-state index contributed by atoms with van der Waals surface area (Å²) in [6.45, 7) is -0.380. The van der Waals surface area contributed by atoms with Gasteiger partial charge in [-0.05, 0) is 36.4 Å². The van der Waals surface area contributed by atoms with Crippen molar-refractivity contribution in [1.82, 2.24) is 4.98 Å². The van der Waals surface area contributed by atoms with Crippen LogP contribution in [0.2, 0.25) is 0 Å². The topological polar surface area (TPSA) is 97.8 Å². The molecule has 0 spiro atoms. The Bertz CT molecular complexity index is 839. The predicted molar refractivity (Wildman–Crippen MR) is 89.0 cm³/mol. The molecule has 3 aromatic rings. The maximum Gasteiger partial charge on any atom is 0.341 e. The van der Waals surface area contributed by atoms with Gasteiger partial charge in [-0.3, -0.25) is 0 Å². The number of hydrogen-bond acceptors (Lipinski definition) is 6. The van der Waals surface area contributed by atoms with Crippen molar-refractivity contribution in [3.63, 3.8) is 0 Å². The third-order valence-electron chi connectivity index (χ3n) is 3.12. The maximum atomic E-state index is 10.5. The Labute approximate surface area is 135 Å². The molecule has 0 bridgehead atoms. The zero-order valence-corrected chi connectivity index (χ0v) is 12.8. The lowest BCUT2D eigenvalue weighted by Gasteiger charge is -2.05. The second kappa shape index (κ2) is 6.45. The van der Waals surface area contributed by atoms with Gasteiger partial charge in [-0.15, -0.1) is 11.3 Å². The number of carboxylic acid groups (broad SMARTS) is 1. The fourth-order valence-corrected chi connectivity index (χ4v) is 3.07. The fraction of sp³-hybridized carbons (Fsp3) is 0.0625. The molecule has 0 aliphatic rings. The molecule has 1 heterocycles. The van der Waals surface area contributed by atoms with Crippen molar-refractivity contribution >= 4 is 33.2 Å². The number of ether oxygens (including phenoxy) is 1. The van der Waals surface area contributed by atoms with Crippen molar-refractivity contribution in [3.8, 4) is 5.75 Å². The third kappa shape index (κ3) is 3.29. The van der Waals surface area contributed by atoms with E-state index in [0.29, 0.717) is 11.5 Å². The minimum absolute atomic E-state index is 0.380. The molecule has 0 unspecified atom stereocenters. The van der Waals surface area contributed by atoms with Crippen molar-refractivity contribution in [3.05, 3.63) is 59.1 Å². The number of hydrogen-bond donors (Lipinski definition) is 2. The molecular weight excluding hydrogens is 314 g/mol. The van der Waals surface area contributed by atoms with Gasteiger partial charge in [0.05, 0.1) is 10.2 Å². The third-order valence-corrected chi connectivity index (χ3v) is 4.16. The van der Waals surface area contributed by atoms with Gasteiger partial charge in [0.25, 0.3) is 0 Å². The minimum Gasteiger partial charge on any atom is -0.482 e. The first-order valence-corrected chi connectivity index (χ1v) is 7.58. The van der Waals surface area contributed by atoms with Crippen LogP contribution in [-0.4, -0.2) is 28.4 Å². The van der Waals surface area contributed by atoms with Crippen molar-refractivity contribution < 1.29 is 14.6 Å². The highest BCUT2D eigenvalue weighted by Crippen LogP contribution is 2.24. The second-order valence-corrected chi connectivity index (χ2v) is 5.70. The first-order valence-electron chi connectivity index (χ1n) is 6.76. The highest BCUT2D eigenvalue weighted by molar-refractivity contribution is 7.20. The van der Waals surface area contributed by atoms with Crippen molar-refractivity contribution in [2.45, 2.75) is 0 Å². The predicted octanol–water partition coefficient (Wildman–Crippen LogP) is 2.47. The molecule has 0 aliphatic heterocycles. The Kier molecular flexibility index (Phi) is 4.20. The van der Waals surface area contributed by atoms with E-state index in [9.17, 15) is 4.79 Å². The Morgan fingerprint density at radius 3 is 2.61 bits per heavy atom. The van der Waals surface area contributed by atoms with Gasteiger partial charge in [0.1, 0.15) is 16.5 Å². The number of fused-ring (bicyclic) bond motifs is 1. The molecule has 0 radical (unpaired) electrons. The van der Waals surface area contributed by atoms with Gasteiger partial charge < -0.3 is 15.7 Å². The van der Waals surface area contributed by atoms with Crippen molar-refractivity contribution in [2.24, 2.45) is 10.9 Å². The molecule has 0 atom stereocenters. The second-order valence-electron chi connectivity index (χ2n) is 4.67. The van der Waals surface area contributed by atoms with Crippen LogP contribution >= 0.6 is 11.3 Å². The van der Waals surface area contributed by atoms with Gasteiger partial charge in [-0.2, -0.15) is 5.10 Å². The SMILES string of the molecule is NN=C(c1ccc(OCC(=O)O)cc1)c1nc2ccccc2s1. The number of aromatic nitrogens is 1. The van der Waals surface area contributed by atoms with Crippen LogP contribution in [-0.2, 0) is 4.79 Å². The zero-order chi connectivity index (χ0) is 16.2. The van der Waals surface area contributed by atoms with Gasteiger partial charge in [-0.1, -0.05) is 12.1 Å². The lowest BCUT2D eigenvalue weighted by atomic mass is 10.1. The van der Waals surface area contributed by atoms with Crippen LogP contribution in [0, 0.1) is 0 Å². The number of thiazole rings is 1. The summed E-state index contributed by atoms with van der Waals surface area (Å²) in [4.78, 5) is 15.0. The number of para-hydroxylation sites is 1. The number of rotatable bonds is 5. The van der Waals surface area contributed by atoms with Crippen LogP contribution in [0.3, 0.4) is 0 Å². The molecule has 23 heavy (non-hydrogen) atoms. The van der Waals surface area contributed by atoms with Crippen LogP contribution in [0.15, 0.2) is 53.6 Å². The molecule has 0 saturated heterocycles. The number of aliphatic carboxylic acids is 1.